The third-order valence-corrected chi connectivity index (χ3v) is 6.15. The maximum Gasteiger partial charge on any atom is 0.244 e. The first-order chi connectivity index (χ1) is 15.2. The first-order valence-corrected chi connectivity index (χ1v) is 11.8. The zero-order chi connectivity index (χ0) is 21.6. The number of thioether (sulfide) groups is 1. The summed E-state index contributed by atoms with van der Waals surface area (Å²) in [4.78, 5) is 24.0. The van der Waals surface area contributed by atoms with E-state index in [1.54, 1.807) is 23.9 Å². The molecule has 1 amide bonds. The van der Waals surface area contributed by atoms with Gasteiger partial charge < -0.3 is 10.2 Å². The van der Waals surface area contributed by atoms with Crippen LogP contribution in [0.1, 0.15) is 25.3 Å². The van der Waals surface area contributed by atoms with E-state index in [9.17, 15) is 4.79 Å². The molecule has 1 saturated heterocycles. The summed E-state index contributed by atoms with van der Waals surface area (Å²) in [6.07, 6.45) is 7.41. The van der Waals surface area contributed by atoms with Gasteiger partial charge in [0.05, 0.1) is 18.1 Å². The number of carbonyl (C=O) groups is 1. The summed E-state index contributed by atoms with van der Waals surface area (Å²) < 4.78 is 1.84. The van der Waals surface area contributed by atoms with Crippen molar-refractivity contribution < 1.29 is 4.79 Å². The van der Waals surface area contributed by atoms with Gasteiger partial charge in [-0.25, -0.2) is 14.6 Å². The average molecular weight is 457 g/mol. The van der Waals surface area contributed by atoms with E-state index >= 15 is 0 Å². The molecule has 31 heavy (non-hydrogen) atoms. The lowest BCUT2D eigenvalue weighted by Crippen LogP contribution is -2.26. The van der Waals surface area contributed by atoms with E-state index in [-0.39, 0.29) is 5.91 Å². The van der Waals surface area contributed by atoms with Gasteiger partial charge in [-0.2, -0.15) is 5.10 Å². The topological polar surface area (TPSA) is 75.9 Å². The second kappa shape index (κ2) is 10.2. The molecule has 9 heteroatoms. The Kier molecular flexibility index (Phi) is 7.09. The van der Waals surface area contributed by atoms with Crippen molar-refractivity contribution >= 4 is 52.2 Å². The Morgan fingerprint density at radius 3 is 2.84 bits per heavy atom. The van der Waals surface area contributed by atoms with Gasteiger partial charge in [0.25, 0.3) is 0 Å². The van der Waals surface area contributed by atoms with Gasteiger partial charge in [-0.1, -0.05) is 48.5 Å². The summed E-state index contributed by atoms with van der Waals surface area (Å²) in [5, 5.41) is 9.77. The molecule has 3 heterocycles. The Hall–Kier alpha value is -2.58. The molecule has 0 saturated carbocycles. The van der Waals surface area contributed by atoms with Gasteiger partial charge in [-0.15, -0.1) is 0 Å². The molecule has 0 unspecified atom stereocenters. The first-order valence-electron chi connectivity index (χ1n) is 10.5. The van der Waals surface area contributed by atoms with Crippen molar-refractivity contribution in [1.29, 1.82) is 0 Å². The van der Waals surface area contributed by atoms with Gasteiger partial charge in [0.15, 0.2) is 10.8 Å². The molecule has 0 bridgehead atoms. The summed E-state index contributed by atoms with van der Waals surface area (Å²) in [5.74, 6) is 1.70. The Morgan fingerprint density at radius 2 is 2.06 bits per heavy atom. The van der Waals surface area contributed by atoms with Crippen molar-refractivity contribution in [3.8, 4) is 0 Å². The molecule has 162 valence electrons. The number of carbonyl (C=O) groups excluding carboxylic acids is 1. The fourth-order valence-corrected chi connectivity index (χ4v) is 4.33. The minimum atomic E-state index is -0.175. The van der Waals surface area contributed by atoms with Gasteiger partial charge in [-0.3, -0.25) is 4.79 Å². The van der Waals surface area contributed by atoms with Crippen LogP contribution >= 0.6 is 23.4 Å². The quantitative estimate of drug-likeness (QED) is 0.313. The van der Waals surface area contributed by atoms with Gasteiger partial charge in [0.2, 0.25) is 5.91 Å². The van der Waals surface area contributed by atoms with Gasteiger partial charge in [0, 0.05) is 30.7 Å². The fraction of sp³-hybridized carbons (Fsp3) is 0.364. The van der Waals surface area contributed by atoms with Gasteiger partial charge in [-0.05, 0) is 36.3 Å². The average Bonchev–Trinajstić information content (AvgIpc) is 3.44. The highest BCUT2D eigenvalue weighted by Gasteiger charge is 2.20. The molecule has 1 N–H and O–H groups in total. The first kappa shape index (κ1) is 21.6. The molecule has 0 radical (unpaired) electrons. The molecule has 0 spiro atoms. The predicted molar refractivity (Wildman–Crippen MR) is 127 cm³/mol. The van der Waals surface area contributed by atoms with E-state index in [4.69, 9.17) is 21.6 Å². The molecular weight excluding hydrogens is 432 g/mol. The van der Waals surface area contributed by atoms with Crippen LogP contribution in [0.5, 0.6) is 0 Å². The highest BCUT2D eigenvalue weighted by molar-refractivity contribution is 7.99. The summed E-state index contributed by atoms with van der Waals surface area (Å²) in [7, 11) is 0. The maximum atomic E-state index is 12.2. The number of anilines is 1. The SMILES string of the molecule is CCSc1nc(N2CCCC2)c2cnn(CCNC(=O)/C=C/c3ccccc3Cl)c2n1. The Morgan fingerprint density at radius 1 is 1.26 bits per heavy atom. The predicted octanol–water partition coefficient (Wildman–Crippen LogP) is 4.02. The minimum Gasteiger partial charge on any atom is -0.356 e. The van der Waals surface area contributed by atoms with E-state index in [1.165, 1.54) is 18.9 Å². The molecule has 1 aliphatic rings. The van der Waals surface area contributed by atoms with Crippen molar-refractivity contribution in [3.05, 3.63) is 47.1 Å². The number of amides is 1. The number of hydrogen-bond acceptors (Lipinski definition) is 6. The van der Waals surface area contributed by atoms with Crippen LogP contribution in [0, 0.1) is 0 Å². The van der Waals surface area contributed by atoms with E-state index in [0.29, 0.717) is 18.1 Å². The highest BCUT2D eigenvalue weighted by atomic mass is 35.5. The van der Waals surface area contributed by atoms with Crippen LogP contribution in [-0.2, 0) is 11.3 Å². The molecule has 1 aromatic carbocycles. The van der Waals surface area contributed by atoms with Crippen molar-refractivity contribution in [1.82, 2.24) is 25.1 Å². The number of hydrogen-bond donors (Lipinski definition) is 1. The monoisotopic (exact) mass is 456 g/mol. The largest absolute Gasteiger partial charge is 0.356 e. The highest BCUT2D eigenvalue weighted by Crippen LogP contribution is 2.29. The lowest BCUT2D eigenvalue weighted by molar-refractivity contribution is -0.116. The zero-order valence-corrected chi connectivity index (χ0v) is 19.0. The number of nitrogens with zero attached hydrogens (tertiary/aromatic N) is 5. The summed E-state index contributed by atoms with van der Waals surface area (Å²) in [6.45, 7) is 5.10. The van der Waals surface area contributed by atoms with Crippen LogP contribution in [0.2, 0.25) is 5.02 Å². The molecule has 0 aliphatic carbocycles. The van der Waals surface area contributed by atoms with E-state index in [2.05, 4.69) is 22.2 Å². The van der Waals surface area contributed by atoms with Crippen LogP contribution in [0.25, 0.3) is 17.1 Å². The third-order valence-electron chi connectivity index (χ3n) is 5.08. The van der Waals surface area contributed by atoms with Crippen molar-refractivity contribution in [2.24, 2.45) is 0 Å². The fourth-order valence-electron chi connectivity index (χ4n) is 3.57. The molecular formula is C22H25ClN6OS. The summed E-state index contributed by atoms with van der Waals surface area (Å²) >= 11 is 7.75. The number of benzene rings is 1. The number of nitrogens with one attached hydrogen (secondary N) is 1. The van der Waals surface area contributed by atoms with Crippen LogP contribution in [-0.4, -0.2) is 51.0 Å². The number of halogens is 1. The third kappa shape index (κ3) is 5.19. The molecule has 3 aromatic rings. The summed E-state index contributed by atoms with van der Waals surface area (Å²) in [6, 6.07) is 7.41. The number of rotatable bonds is 8. The van der Waals surface area contributed by atoms with Crippen molar-refractivity contribution in [2.75, 3.05) is 30.3 Å². The summed E-state index contributed by atoms with van der Waals surface area (Å²) in [5.41, 5.74) is 1.62. The normalized spacial score (nSPS) is 14.1. The lowest BCUT2D eigenvalue weighted by Gasteiger charge is -2.17. The molecule has 1 fully saturated rings. The Bertz CT molecular complexity index is 1090. The van der Waals surface area contributed by atoms with Crippen LogP contribution in [0.4, 0.5) is 5.82 Å². The minimum absolute atomic E-state index is 0.175. The van der Waals surface area contributed by atoms with E-state index in [1.807, 2.05) is 29.1 Å². The van der Waals surface area contributed by atoms with E-state index in [0.717, 1.165) is 46.4 Å². The standard InChI is InChI=1S/C22H25ClN6OS/c1-2-31-22-26-20(28-12-5-6-13-28)17-15-25-29(21(17)27-22)14-11-24-19(30)10-9-16-7-3-4-8-18(16)23/h3-4,7-10,15H,2,5-6,11-14H2,1H3,(H,24,30)/b10-9+. The maximum absolute atomic E-state index is 12.2. The number of fused-ring (bicyclic) bond motifs is 1. The van der Waals surface area contributed by atoms with Crippen LogP contribution < -0.4 is 10.2 Å². The van der Waals surface area contributed by atoms with Crippen molar-refractivity contribution in [3.63, 3.8) is 0 Å². The second-order valence-corrected chi connectivity index (χ2v) is 8.85. The zero-order valence-electron chi connectivity index (χ0n) is 17.4. The van der Waals surface area contributed by atoms with Crippen molar-refractivity contribution in [2.45, 2.75) is 31.5 Å². The second-order valence-electron chi connectivity index (χ2n) is 7.21. The Balaban J connectivity index is 1.45. The molecule has 1 aliphatic heterocycles. The lowest BCUT2D eigenvalue weighted by atomic mass is 10.2. The molecule has 7 nitrogen and oxygen atoms in total. The number of aromatic nitrogens is 4. The van der Waals surface area contributed by atoms with Crippen LogP contribution in [0.3, 0.4) is 0 Å². The molecule has 2 aromatic heterocycles. The van der Waals surface area contributed by atoms with E-state index < -0.39 is 0 Å². The van der Waals surface area contributed by atoms with Gasteiger partial charge >= 0.3 is 0 Å². The van der Waals surface area contributed by atoms with Gasteiger partial charge in [0.1, 0.15) is 5.82 Å². The molecule has 4 rings (SSSR count). The Labute approximate surface area is 190 Å². The van der Waals surface area contributed by atoms with Crippen LogP contribution in [0.15, 0.2) is 41.7 Å². The molecule has 0 atom stereocenters. The smallest absolute Gasteiger partial charge is 0.244 e.